The van der Waals surface area contributed by atoms with Gasteiger partial charge in [-0.2, -0.15) is 0 Å². The van der Waals surface area contributed by atoms with Crippen molar-refractivity contribution in [2.45, 2.75) is 23.9 Å². The van der Waals surface area contributed by atoms with E-state index in [9.17, 15) is 4.79 Å². The molecule has 0 unspecified atom stereocenters. The predicted octanol–water partition coefficient (Wildman–Crippen LogP) is 6.96. The lowest BCUT2D eigenvalue weighted by Gasteiger charge is -2.22. The fourth-order valence-corrected chi connectivity index (χ4v) is 6.32. The molecule has 6 rings (SSSR count). The van der Waals surface area contributed by atoms with Gasteiger partial charge in [-0.25, -0.2) is 4.98 Å². The lowest BCUT2D eigenvalue weighted by molar-refractivity contribution is 0.0740. The number of carbonyl (C=O) groups is 1. The minimum absolute atomic E-state index is 0.0615. The Kier molecular flexibility index (Phi) is 8.78. The van der Waals surface area contributed by atoms with E-state index in [0.717, 1.165) is 39.2 Å². The molecule has 0 N–H and O–H groups in total. The Morgan fingerprint density at radius 1 is 0.833 bits per heavy atom. The standard InChI is InChI=1S/C33H28N6OS2/c40-32(38(22-26-13-6-2-7-14-26)20-18-25-11-4-1-5-12-25)29-23-41-30(35-29)24-42-33-37-36-31(27-15-10-19-34-21-27)39(33)28-16-8-3-9-17-28/h1-17,19,21,23H,18,20,22,24H2. The molecule has 0 aliphatic rings. The number of pyridine rings is 1. The summed E-state index contributed by atoms with van der Waals surface area (Å²) >= 11 is 3.04. The summed E-state index contributed by atoms with van der Waals surface area (Å²) in [5, 5.41) is 12.5. The third-order valence-corrected chi connectivity index (χ3v) is 8.65. The molecule has 0 aliphatic heterocycles. The molecule has 9 heteroatoms. The molecule has 3 aromatic heterocycles. The number of carbonyl (C=O) groups excluding carboxylic acids is 1. The molecule has 1 amide bonds. The molecule has 3 aromatic carbocycles. The third kappa shape index (κ3) is 6.64. The van der Waals surface area contributed by atoms with Crippen LogP contribution in [0.4, 0.5) is 0 Å². The summed E-state index contributed by atoms with van der Waals surface area (Å²) in [5.41, 5.74) is 4.62. The number of amides is 1. The quantitative estimate of drug-likeness (QED) is 0.152. The van der Waals surface area contributed by atoms with Crippen molar-refractivity contribution in [2.24, 2.45) is 0 Å². The smallest absolute Gasteiger partial charge is 0.273 e. The molecule has 0 radical (unpaired) electrons. The van der Waals surface area contributed by atoms with Gasteiger partial charge in [0.25, 0.3) is 5.91 Å². The van der Waals surface area contributed by atoms with Gasteiger partial charge in [0.2, 0.25) is 0 Å². The Balaban J connectivity index is 1.19. The minimum Gasteiger partial charge on any atom is -0.333 e. The van der Waals surface area contributed by atoms with Crippen LogP contribution in [0.3, 0.4) is 0 Å². The van der Waals surface area contributed by atoms with Gasteiger partial charge >= 0.3 is 0 Å². The van der Waals surface area contributed by atoms with Crippen LogP contribution >= 0.6 is 23.1 Å². The lowest BCUT2D eigenvalue weighted by atomic mass is 10.1. The van der Waals surface area contributed by atoms with Crippen LogP contribution in [0.25, 0.3) is 17.1 Å². The average molecular weight is 589 g/mol. The number of para-hydroxylation sites is 1. The monoisotopic (exact) mass is 588 g/mol. The van der Waals surface area contributed by atoms with Gasteiger partial charge in [-0.05, 0) is 41.8 Å². The summed E-state index contributed by atoms with van der Waals surface area (Å²) in [5.74, 6) is 1.23. The molecule has 0 aliphatic carbocycles. The number of hydrogen-bond acceptors (Lipinski definition) is 7. The largest absolute Gasteiger partial charge is 0.333 e. The fourth-order valence-electron chi connectivity index (χ4n) is 4.58. The molecule has 7 nitrogen and oxygen atoms in total. The van der Waals surface area contributed by atoms with Crippen molar-refractivity contribution in [1.82, 2.24) is 29.6 Å². The highest BCUT2D eigenvalue weighted by Gasteiger charge is 2.21. The van der Waals surface area contributed by atoms with E-state index in [0.29, 0.717) is 24.5 Å². The maximum absolute atomic E-state index is 13.7. The van der Waals surface area contributed by atoms with Crippen LogP contribution < -0.4 is 0 Å². The number of thioether (sulfide) groups is 1. The second-order valence-electron chi connectivity index (χ2n) is 9.58. The van der Waals surface area contributed by atoms with Crippen molar-refractivity contribution in [2.75, 3.05) is 6.54 Å². The van der Waals surface area contributed by atoms with E-state index in [1.54, 1.807) is 24.2 Å². The minimum atomic E-state index is -0.0615. The Morgan fingerprint density at radius 2 is 1.55 bits per heavy atom. The van der Waals surface area contributed by atoms with Crippen LogP contribution in [0.5, 0.6) is 0 Å². The molecule has 0 bridgehead atoms. The Bertz CT molecular complexity index is 1720. The van der Waals surface area contributed by atoms with Crippen LogP contribution in [0.2, 0.25) is 0 Å². The summed E-state index contributed by atoms with van der Waals surface area (Å²) in [6.45, 7) is 1.14. The molecule has 3 heterocycles. The van der Waals surface area contributed by atoms with E-state index in [-0.39, 0.29) is 5.91 Å². The predicted molar refractivity (Wildman–Crippen MR) is 168 cm³/mol. The normalized spacial score (nSPS) is 11.0. The first-order chi connectivity index (χ1) is 20.7. The average Bonchev–Trinajstić information content (AvgIpc) is 3.71. The number of thiazole rings is 1. The first-order valence-corrected chi connectivity index (χ1v) is 15.5. The van der Waals surface area contributed by atoms with E-state index in [2.05, 4.69) is 39.4 Å². The second-order valence-corrected chi connectivity index (χ2v) is 11.5. The highest BCUT2D eigenvalue weighted by atomic mass is 32.2. The van der Waals surface area contributed by atoms with Gasteiger partial charge in [0.15, 0.2) is 11.0 Å². The van der Waals surface area contributed by atoms with Crippen molar-refractivity contribution >= 4 is 29.0 Å². The van der Waals surface area contributed by atoms with E-state index >= 15 is 0 Å². The summed E-state index contributed by atoms with van der Waals surface area (Å²) in [6.07, 6.45) is 4.31. The summed E-state index contributed by atoms with van der Waals surface area (Å²) < 4.78 is 2.03. The number of rotatable bonds is 11. The van der Waals surface area contributed by atoms with Crippen molar-refractivity contribution in [1.29, 1.82) is 0 Å². The van der Waals surface area contributed by atoms with Crippen molar-refractivity contribution in [3.05, 3.63) is 143 Å². The molecule has 0 fully saturated rings. The van der Waals surface area contributed by atoms with Crippen LogP contribution in [-0.4, -0.2) is 42.1 Å². The van der Waals surface area contributed by atoms with E-state index in [4.69, 9.17) is 4.98 Å². The first kappa shape index (κ1) is 27.6. The molecular weight excluding hydrogens is 561 g/mol. The van der Waals surface area contributed by atoms with Crippen LogP contribution in [0.15, 0.2) is 126 Å². The van der Waals surface area contributed by atoms with E-state index in [1.807, 2.05) is 93.7 Å². The third-order valence-electron chi connectivity index (χ3n) is 6.68. The van der Waals surface area contributed by atoms with Gasteiger partial charge in [-0.1, -0.05) is 90.6 Å². The van der Waals surface area contributed by atoms with Gasteiger partial charge in [-0.15, -0.1) is 21.5 Å². The molecule has 208 valence electrons. The van der Waals surface area contributed by atoms with E-state index in [1.165, 1.54) is 16.9 Å². The highest BCUT2D eigenvalue weighted by molar-refractivity contribution is 7.98. The number of nitrogens with zero attached hydrogens (tertiary/aromatic N) is 6. The van der Waals surface area contributed by atoms with Gasteiger partial charge < -0.3 is 4.90 Å². The second kappa shape index (κ2) is 13.4. The zero-order valence-electron chi connectivity index (χ0n) is 22.8. The van der Waals surface area contributed by atoms with Crippen molar-refractivity contribution < 1.29 is 4.79 Å². The summed E-state index contributed by atoms with van der Waals surface area (Å²) in [7, 11) is 0. The SMILES string of the molecule is O=C(c1csc(CSc2nnc(-c3cccnc3)n2-c2ccccc2)n1)N(CCc1ccccc1)Cc1ccccc1. The molecule has 0 atom stereocenters. The number of hydrogen-bond donors (Lipinski definition) is 0. The maximum atomic E-state index is 13.7. The maximum Gasteiger partial charge on any atom is 0.273 e. The van der Waals surface area contributed by atoms with Crippen LogP contribution in [0.1, 0.15) is 26.6 Å². The zero-order valence-corrected chi connectivity index (χ0v) is 24.4. The molecule has 42 heavy (non-hydrogen) atoms. The number of aromatic nitrogens is 5. The zero-order chi connectivity index (χ0) is 28.6. The highest BCUT2D eigenvalue weighted by Crippen LogP contribution is 2.30. The molecule has 6 aromatic rings. The van der Waals surface area contributed by atoms with Crippen molar-refractivity contribution in [3.63, 3.8) is 0 Å². The first-order valence-electron chi connectivity index (χ1n) is 13.6. The van der Waals surface area contributed by atoms with Crippen LogP contribution in [-0.2, 0) is 18.7 Å². The fraction of sp³-hybridized carbons (Fsp3) is 0.121. The van der Waals surface area contributed by atoms with Gasteiger partial charge in [0, 0.05) is 42.1 Å². The molecule has 0 saturated heterocycles. The van der Waals surface area contributed by atoms with E-state index < -0.39 is 0 Å². The Labute approximate surface area is 252 Å². The van der Waals surface area contributed by atoms with Crippen molar-refractivity contribution in [3.8, 4) is 17.1 Å². The lowest BCUT2D eigenvalue weighted by Crippen LogP contribution is -2.32. The molecule has 0 spiro atoms. The van der Waals surface area contributed by atoms with Gasteiger partial charge in [0.1, 0.15) is 10.7 Å². The summed E-state index contributed by atoms with van der Waals surface area (Å²) in [6, 6.07) is 34.2. The Morgan fingerprint density at radius 3 is 2.26 bits per heavy atom. The Hall–Kier alpha value is -4.60. The van der Waals surface area contributed by atoms with Gasteiger partial charge in [-0.3, -0.25) is 14.3 Å². The topological polar surface area (TPSA) is 76.8 Å². The number of benzene rings is 3. The molecule has 0 saturated carbocycles. The van der Waals surface area contributed by atoms with Gasteiger partial charge in [0.05, 0.1) is 5.75 Å². The van der Waals surface area contributed by atoms with Crippen LogP contribution in [0, 0.1) is 0 Å². The molecular formula is C33H28N6OS2. The summed E-state index contributed by atoms with van der Waals surface area (Å²) in [4.78, 5) is 24.6.